The van der Waals surface area contributed by atoms with Gasteiger partial charge in [-0.05, 0) is 55.7 Å². The van der Waals surface area contributed by atoms with E-state index >= 15 is 0 Å². The number of ether oxygens (including phenoxy) is 3. The predicted octanol–water partition coefficient (Wildman–Crippen LogP) is 4.74. The van der Waals surface area contributed by atoms with Gasteiger partial charge in [-0.25, -0.2) is 0 Å². The van der Waals surface area contributed by atoms with E-state index in [4.69, 9.17) is 14.2 Å². The van der Waals surface area contributed by atoms with Gasteiger partial charge in [0.15, 0.2) is 17.3 Å². The van der Waals surface area contributed by atoms with E-state index in [1.165, 1.54) is 26.2 Å². The van der Waals surface area contributed by atoms with E-state index in [9.17, 15) is 14.7 Å². The molecule has 0 amide bonds. The summed E-state index contributed by atoms with van der Waals surface area (Å²) in [6, 6.07) is 8.12. The Morgan fingerprint density at radius 2 is 1.67 bits per heavy atom. The topological polar surface area (TPSA) is 82.1 Å². The number of phenolic OH excluding ortho intramolecular Hbond substituents is 1. The van der Waals surface area contributed by atoms with E-state index in [-0.39, 0.29) is 22.8 Å². The summed E-state index contributed by atoms with van der Waals surface area (Å²) in [5.74, 6) is 0.232. The van der Waals surface area contributed by atoms with Gasteiger partial charge in [0.1, 0.15) is 11.5 Å². The third-order valence-electron chi connectivity index (χ3n) is 4.26. The number of methoxy groups -OCH3 is 2. The first kappa shape index (κ1) is 22.7. The van der Waals surface area contributed by atoms with Gasteiger partial charge in [-0.1, -0.05) is 23.8 Å². The first-order valence-corrected chi connectivity index (χ1v) is 9.37. The molecule has 0 fully saturated rings. The minimum absolute atomic E-state index is 0.125. The molecule has 158 valence electrons. The Hall–Kier alpha value is -3.54. The van der Waals surface area contributed by atoms with Gasteiger partial charge < -0.3 is 19.3 Å². The second-order valence-electron chi connectivity index (χ2n) is 6.87. The summed E-state index contributed by atoms with van der Waals surface area (Å²) in [6.07, 6.45) is 5.41. The van der Waals surface area contributed by atoms with Crippen LogP contribution in [0.1, 0.15) is 42.3 Å². The van der Waals surface area contributed by atoms with E-state index in [0.29, 0.717) is 23.5 Å². The van der Waals surface area contributed by atoms with Crippen molar-refractivity contribution in [2.45, 2.75) is 27.2 Å². The Morgan fingerprint density at radius 1 is 0.967 bits per heavy atom. The highest BCUT2D eigenvalue weighted by molar-refractivity contribution is 6.09. The highest BCUT2D eigenvalue weighted by Gasteiger charge is 2.15. The molecular weight excluding hydrogens is 384 g/mol. The zero-order valence-electron chi connectivity index (χ0n) is 17.8. The smallest absolute Gasteiger partial charge is 0.308 e. The van der Waals surface area contributed by atoms with Gasteiger partial charge in [-0.15, -0.1) is 0 Å². The molecule has 0 saturated carbocycles. The van der Waals surface area contributed by atoms with E-state index in [1.54, 1.807) is 37.5 Å². The maximum absolute atomic E-state index is 12.7. The standard InChI is InChI=1S/C24H26O6/c1-15(2)6-9-18-13-19(21(27)14-23(18)30-16(3)25)20(26)10-7-17-8-11-22(28-4)24(12-17)29-5/h6-8,10-14,27H,9H2,1-5H3/b10-7+. The summed E-state index contributed by atoms with van der Waals surface area (Å²) >= 11 is 0. The number of esters is 1. The molecular formula is C24H26O6. The number of aromatic hydroxyl groups is 1. The fourth-order valence-electron chi connectivity index (χ4n) is 2.75. The molecule has 6 nitrogen and oxygen atoms in total. The van der Waals surface area contributed by atoms with Gasteiger partial charge in [-0.2, -0.15) is 0 Å². The molecule has 0 unspecified atom stereocenters. The highest BCUT2D eigenvalue weighted by Crippen LogP contribution is 2.31. The molecule has 0 aromatic heterocycles. The summed E-state index contributed by atoms with van der Waals surface area (Å²) in [4.78, 5) is 24.1. The minimum atomic E-state index is -0.500. The van der Waals surface area contributed by atoms with Crippen LogP contribution in [-0.2, 0) is 11.2 Å². The van der Waals surface area contributed by atoms with Gasteiger partial charge >= 0.3 is 5.97 Å². The van der Waals surface area contributed by atoms with Gasteiger partial charge in [0, 0.05) is 13.0 Å². The van der Waals surface area contributed by atoms with Crippen molar-refractivity contribution in [3.8, 4) is 23.0 Å². The molecule has 2 rings (SSSR count). The van der Waals surface area contributed by atoms with E-state index in [1.807, 2.05) is 19.9 Å². The van der Waals surface area contributed by atoms with Crippen LogP contribution in [0.25, 0.3) is 6.08 Å². The van der Waals surface area contributed by atoms with Crippen LogP contribution in [0.5, 0.6) is 23.0 Å². The van der Waals surface area contributed by atoms with Crippen molar-refractivity contribution in [2.24, 2.45) is 0 Å². The number of hydrogen-bond donors (Lipinski definition) is 1. The Kier molecular flexibility index (Phi) is 7.81. The molecule has 0 aliphatic carbocycles. The summed E-state index contributed by atoms with van der Waals surface area (Å²) < 4.78 is 15.7. The number of ketones is 1. The van der Waals surface area contributed by atoms with Crippen molar-refractivity contribution in [1.82, 2.24) is 0 Å². The van der Waals surface area contributed by atoms with Crippen LogP contribution in [0.4, 0.5) is 0 Å². The Bertz CT molecular complexity index is 997. The van der Waals surface area contributed by atoms with Gasteiger partial charge in [0.05, 0.1) is 19.8 Å². The SMILES string of the molecule is COc1ccc(/C=C/C(=O)c2cc(CC=C(C)C)c(OC(C)=O)cc2O)cc1OC. The Labute approximate surface area is 176 Å². The van der Waals surface area contributed by atoms with Crippen LogP contribution in [0.15, 0.2) is 48.1 Å². The molecule has 0 saturated heterocycles. The average molecular weight is 410 g/mol. The molecule has 0 bridgehead atoms. The first-order chi connectivity index (χ1) is 14.2. The van der Waals surface area contributed by atoms with Gasteiger partial charge in [0.25, 0.3) is 0 Å². The minimum Gasteiger partial charge on any atom is -0.507 e. The van der Waals surface area contributed by atoms with Crippen molar-refractivity contribution >= 4 is 17.8 Å². The maximum Gasteiger partial charge on any atom is 0.308 e. The molecule has 0 spiro atoms. The number of carbonyl (C=O) groups is 2. The van der Waals surface area contributed by atoms with E-state index in [2.05, 4.69) is 0 Å². The molecule has 0 atom stereocenters. The quantitative estimate of drug-likeness (QED) is 0.223. The van der Waals surface area contributed by atoms with Crippen molar-refractivity contribution in [3.05, 3.63) is 64.7 Å². The third-order valence-corrected chi connectivity index (χ3v) is 4.26. The monoisotopic (exact) mass is 410 g/mol. The summed E-state index contributed by atoms with van der Waals surface area (Å²) in [5.41, 5.74) is 2.58. The van der Waals surface area contributed by atoms with Crippen LogP contribution >= 0.6 is 0 Å². The third kappa shape index (κ3) is 5.98. The molecule has 6 heteroatoms. The molecule has 30 heavy (non-hydrogen) atoms. The molecule has 2 aromatic rings. The highest BCUT2D eigenvalue weighted by atomic mass is 16.5. The molecule has 1 N–H and O–H groups in total. The van der Waals surface area contributed by atoms with Crippen LogP contribution in [-0.4, -0.2) is 31.1 Å². The summed E-state index contributed by atoms with van der Waals surface area (Å²) in [6.45, 7) is 5.18. The lowest BCUT2D eigenvalue weighted by atomic mass is 10.0. The molecule has 0 heterocycles. The average Bonchev–Trinajstić information content (AvgIpc) is 2.70. The first-order valence-electron chi connectivity index (χ1n) is 9.37. The zero-order valence-corrected chi connectivity index (χ0v) is 17.8. The molecule has 0 aliphatic heterocycles. The van der Waals surface area contributed by atoms with Crippen LogP contribution in [0.3, 0.4) is 0 Å². The number of allylic oxidation sites excluding steroid dienone is 3. The second-order valence-corrected chi connectivity index (χ2v) is 6.87. The van der Waals surface area contributed by atoms with Gasteiger partial charge in [-0.3, -0.25) is 9.59 Å². The second kappa shape index (κ2) is 10.3. The fourth-order valence-corrected chi connectivity index (χ4v) is 2.75. The predicted molar refractivity (Wildman–Crippen MR) is 115 cm³/mol. The number of rotatable bonds is 8. The van der Waals surface area contributed by atoms with Crippen molar-refractivity contribution in [2.75, 3.05) is 14.2 Å². The molecule has 0 radical (unpaired) electrons. The van der Waals surface area contributed by atoms with Crippen LogP contribution in [0.2, 0.25) is 0 Å². The fraction of sp³-hybridized carbons (Fsp3) is 0.250. The van der Waals surface area contributed by atoms with E-state index in [0.717, 1.165) is 11.1 Å². The number of benzene rings is 2. The normalized spacial score (nSPS) is 10.6. The van der Waals surface area contributed by atoms with E-state index < -0.39 is 5.97 Å². The zero-order chi connectivity index (χ0) is 22.3. The Balaban J connectivity index is 2.36. The lowest BCUT2D eigenvalue weighted by Crippen LogP contribution is -2.06. The summed E-state index contributed by atoms with van der Waals surface area (Å²) in [7, 11) is 3.08. The molecule has 0 aliphatic rings. The van der Waals surface area contributed by atoms with Crippen LogP contribution in [0, 0.1) is 0 Å². The van der Waals surface area contributed by atoms with Crippen LogP contribution < -0.4 is 14.2 Å². The van der Waals surface area contributed by atoms with Crippen molar-refractivity contribution < 1.29 is 28.9 Å². The summed E-state index contributed by atoms with van der Waals surface area (Å²) in [5, 5.41) is 10.3. The van der Waals surface area contributed by atoms with Crippen molar-refractivity contribution in [1.29, 1.82) is 0 Å². The lowest BCUT2D eigenvalue weighted by Gasteiger charge is -2.11. The number of phenols is 1. The number of hydrogen-bond acceptors (Lipinski definition) is 6. The lowest BCUT2D eigenvalue weighted by molar-refractivity contribution is -0.131. The maximum atomic E-state index is 12.7. The largest absolute Gasteiger partial charge is 0.507 e. The number of carbonyl (C=O) groups excluding carboxylic acids is 2. The van der Waals surface area contributed by atoms with Gasteiger partial charge in [0.2, 0.25) is 0 Å². The Morgan fingerprint density at radius 3 is 2.27 bits per heavy atom. The van der Waals surface area contributed by atoms with Crippen molar-refractivity contribution in [3.63, 3.8) is 0 Å². The molecule has 2 aromatic carbocycles.